The zero-order valence-corrected chi connectivity index (χ0v) is 13.5. The summed E-state index contributed by atoms with van der Waals surface area (Å²) in [6, 6.07) is 2.00. The average molecular weight is 278 g/mol. The van der Waals surface area contributed by atoms with Crippen molar-refractivity contribution in [2.75, 3.05) is 23.7 Å². The molecule has 20 heavy (non-hydrogen) atoms. The maximum absolute atomic E-state index is 4.45. The molecule has 0 aliphatic heterocycles. The summed E-state index contributed by atoms with van der Waals surface area (Å²) in [5, 5.41) is 6.55. The second kappa shape index (κ2) is 9.56. The van der Waals surface area contributed by atoms with E-state index in [1.54, 1.807) is 0 Å². The van der Waals surface area contributed by atoms with Crippen molar-refractivity contribution in [3.05, 3.63) is 11.8 Å². The number of hydrogen-bond acceptors (Lipinski definition) is 4. The van der Waals surface area contributed by atoms with Crippen LogP contribution in [0.2, 0.25) is 0 Å². The van der Waals surface area contributed by atoms with E-state index in [-0.39, 0.29) is 0 Å². The Morgan fingerprint density at radius 2 is 1.80 bits per heavy atom. The summed E-state index contributed by atoms with van der Waals surface area (Å²) in [6.07, 6.45) is 6.55. The quantitative estimate of drug-likeness (QED) is 0.629. The minimum atomic E-state index is 0.715. The molecule has 0 spiro atoms. The Bertz CT molecular complexity index is 377. The molecule has 1 aromatic rings. The van der Waals surface area contributed by atoms with Gasteiger partial charge in [0.05, 0.1) is 0 Å². The fraction of sp³-hybridized carbons (Fsp3) is 0.750. The molecule has 0 aromatic carbocycles. The van der Waals surface area contributed by atoms with Crippen LogP contribution in [-0.4, -0.2) is 23.1 Å². The van der Waals surface area contributed by atoms with E-state index in [1.807, 2.05) is 13.0 Å². The highest BCUT2D eigenvalue weighted by atomic mass is 15.1. The van der Waals surface area contributed by atoms with Crippen molar-refractivity contribution in [3.63, 3.8) is 0 Å². The van der Waals surface area contributed by atoms with Gasteiger partial charge in [-0.2, -0.15) is 4.98 Å². The van der Waals surface area contributed by atoms with E-state index in [9.17, 15) is 0 Å². The first kappa shape index (κ1) is 16.7. The molecule has 4 nitrogen and oxygen atoms in total. The summed E-state index contributed by atoms with van der Waals surface area (Å²) in [4.78, 5) is 8.79. The summed E-state index contributed by atoms with van der Waals surface area (Å²) in [5.41, 5.74) is 0.996. The molecule has 0 saturated heterocycles. The van der Waals surface area contributed by atoms with Crippen molar-refractivity contribution in [2.45, 2.75) is 59.8 Å². The Labute approximate surface area is 123 Å². The fourth-order valence-corrected chi connectivity index (χ4v) is 2.14. The molecule has 4 heteroatoms. The van der Waals surface area contributed by atoms with Gasteiger partial charge >= 0.3 is 0 Å². The number of hydrogen-bond donors (Lipinski definition) is 2. The van der Waals surface area contributed by atoms with Crippen molar-refractivity contribution < 1.29 is 0 Å². The molecule has 1 rings (SSSR count). The Morgan fingerprint density at radius 1 is 1.05 bits per heavy atom. The first-order valence-corrected chi connectivity index (χ1v) is 7.95. The van der Waals surface area contributed by atoms with E-state index in [0.29, 0.717) is 5.95 Å². The van der Waals surface area contributed by atoms with E-state index >= 15 is 0 Å². The molecular weight excluding hydrogens is 248 g/mol. The smallest absolute Gasteiger partial charge is 0.224 e. The Hall–Kier alpha value is -1.32. The van der Waals surface area contributed by atoms with Gasteiger partial charge in [-0.1, -0.05) is 39.5 Å². The van der Waals surface area contributed by atoms with Gasteiger partial charge in [-0.05, 0) is 26.2 Å². The zero-order valence-electron chi connectivity index (χ0n) is 13.5. The number of anilines is 2. The van der Waals surface area contributed by atoms with Crippen LogP contribution >= 0.6 is 0 Å². The molecular formula is C16H30N4. The Morgan fingerprint density at radius 3 is 2.50 bits per heavy atom. The molecule has 0 aliphatic carbocycles. The van der Waals surface area contributed by atoms with Gasteiger partial charge in [-0.25, -0.2) is 4.98 Å². The molecule has 1 aromatic heterocycles. The van der Waals surface area contributed by atoms with Crippen LogP contribution in [0, 0.1) is 12.8 Å². The lowest BCUT2D eigenvalue weighted by atomic mass is 10.0. The van der Waals surface area contributed by atoms with Gasteiger partial charge in [0.1, 0.15) is 5.82 Å². The lowest BCUT2D eigenvalue weighted by molar-refractivity contribution is 0.523. The lowest BCUT2D eigenvalue weighted by Gasteiger charge is -2.09. The molecule has 0 aliphatic rings. The number of nitrogens with zero attached hydrogens (tertiary/aromatic N) is 2. The van der Waals surface area contributed by atoms with Crippen LogP contribution in [0.1, 0.15) is 58.6 Å². The monoisotopic (exact) mass is 278 g/mol. The predicted molar refractivity (Wildman–Crippen MR) is 87.3 cm³/mol. The van der Waals surface area contributed by atoms with E-state index < -0.39 is 0 Å². The predicted octanol–water partition coefficient (Wildman–Crippen LogP) is 4.24. The second-order valence-corrected chi connectivity index (χ2v) is 5.77. The summed E-state index contributed by atoms with van der Waals surface area (Å²) < 4.78 is 0. The maximum atomic E-state index is 4.45. The average Bonchev–Trinajstić information content (AvgIpc) is 2.37. The summed E-state index contributed by atoms with van der Waals surface area (Å²) in [7, 11) is 0. The normalized spacial score (nSPS) is 10.8. The largest absolute Gasteiger partial charge is 0.370 e. The van der Waals surface area contributed by atoms with Crippen LogP contribution in [-0.2, 0) is 0 Å². The number of rotatable bonds is 10. The van der Waals surface area contributed by atoms with Crippen LogP contribution in [0.25, 0.3) is 0 Å². The molecule has 114 valence electrons. The molecule has 0 radical (unpaired) electrons. The minimum absolute atomic E-state index is 0.715. The number of aromatic nitrogens is 2. The van der Waals surface area contributed by atoms with E-state index in [2.05, 4.69) is 41.4 Å². The molecule has 0 amide bonds. The van der Waals surface area contributed by atoms with E-state index in [0.717, 1.165) is 30.5 Å². The van der Waals surface area contributed by atoms with Gasteiger partial charge < -0.3 is 10.6 Å². The standard InChI is InChI=1S/C16H30N4/c1-5-17-16-19-14(4)12-15(20-16)18-11-9-7-6-8-10-13(2)3/h12-13H,5-11H2,1-4H3,(H2,17,18,19,20). The van der Waals surface area contributed by atoms with E-state index in [4.69, 9.17) is 0 Å². The van der Waals surface area contributed by atoms with Gasteiger partial charge in [0.2, 0.25) is 5.95 Å². The number of nitrogens with one attached hydrogen (secondary N) is 2. The zero-order chi connectivity index (χ0) is 14.8. The van der Waals surface area contributed by atoms with Crippen LogP contribution in [0.15, 0.2) is 6.07 Å². The van der Waals surface area contributed by atoms with Gasteiger partial charge in [0.25, 0.3) is 0 Å². The van der Waals surface area contributed by atoms with Crippen molar-refractivity contribution in [1.82, 2.24) is 9.97 Å². The van der Waals surface area contributed by atoms with Crippen molar-refractivity contribution >= 4 is 11.8 Å². The Kier molecular flexibility index (Phi) is 8.00. The SMILES string of the molecule is CCNc1nc(C)cc(NCCCCCCC(C)C)n1. The molecule has 0 bridgehead atoms. The highest BCUT2D eigenvalue weighted by Crippen LogP contribution is 2.11. The molecule has 0 unspecified atom stereocenters. The topological polar surface area (TPSA) is 49.8 Å². The molecule has 0 fully saturated rings. The number of aryl methyl sites for hydroxylation is 1. The number of unbranched alkanes of at least 4 members (excludes halogenated alkanes) is 3. The highest BCUT2D eigenvalue weighted by molar-refractivity contribution is 5.41. The van der Waals surface area contributed by atoms with Gasteiger partial charge in [0.15, 0.2) is 0 Å². The van der Waals surface area contributed by atoms with Gasteiger partial charge in [-0.15, -0.1) is 0 Å². The third-order valence-corrected chi connectivity index (χ3v) is 3.20. The highest BCUT2D eigenvalue weighted by Gasteiger charge is 2.01. The van der Waals surface area contributed by atoms with Crippen LogP contribution < -0.4 is 10.6 Å². The fourth-order valence-electron chi connectivity index (χ4n) is 2.14. The van der Waals surface area contributed by atoms with Crippen LogP contribution in [0.5, 0.6) is 0 Å². The molecule has 1 heterocycles. The second-order valence-electron chi connectivity index (χ2n) is 5.77. The van der Waals surface area contributed by atoms with Crippen molar-refractivity contribution in [2.24, 2.45) is 5.92 Å². The third-order valence-electron chi connectivity index (χ3n) is 3.20. The first-order chi connectivity index (χ1) is 9.61. The third kappa shape index (κ3) is 7.31. The lowest BCUT2D eigenvalue weighted by Crippen LogP contribution is -2.08. The van der Waals surface area contributed by atoms with Gasteiger partial charge in [0, 0.05) is 24.8 Å². The van der Waals surface area contributed by atoms with Gasteiger partial charge in [-0.3, -0.25) is 0 Å². The van der Waals surface area contributed by atoms with Crippen LogP contribution in [0.4, 0.5) is 11.8 Å². The van der Waals surface area contributed by atoms with Crippen molar-refractivity contribution in [3.8, 4) is 0 Å². The van der Waals surface area contributed by atoms with E-state index in [1.165, 1.54) is 32.1 Å². The summed E-state index contributed by atoms with van der Waals surface area (Å²) >= 11 is 0. The summed E-state index contributed by atoms with van der Waals surface area (Å²) in [6.45, 7) is 10.5. The van der Waals surface area contributed by atoms with Crippen LogP contribution in [0.3, 0.4) is 0 Å². The molecule has 0 atom stereocenters. The maximum Gasteiger partial charge on any atom is 0.224 e. The summed E-state index contributed by atoms with van der Waals surface area (Å²) in [5.74, 6) is 2.48. The Balaban J connectivity index is 2.21. The molecule has 2 N–H and O–H groups in total. The minimum Gasteiger partial charge on any atom is -0.370 e. The van der Waals surface area contributed by atoms with Crippen molar-refractivity contribution in [1.29, 1.82) is 0 Å². The molecule has 0 saturated carbocycles. The first-order valence-electron chi connectivity index (χ1n) is 7.95.